The first kappa shape index (κ1) is 13.8. The summed E-state index contributed by atoms with van der Waals surface area (Å²) in [5, 5.41) is 11.3. The van der Waals surface area contributed by atoms with Gasteiger partial charge in [-0.15, -0.1) is 5.76 Å². The Balaban J connectivity index is 4.30. The molecule has 0 heterocycles. The van der Waals surface area contributed by atoms with Crippen LogP contribution in [-0.2, 0) is 4.74 Å². The van der Waals surface area contributed by atoms with E-state index in [1.807, 2.05) is 0 Å². The molecule has 0 spiro atoms. The van der Waals surface area contributed by atoms with E-state index in [1.165, 1.54) is 4.90 Å². The second kappa shape index (κ2) is 5.05. The topological polar surface area (TPSA) is 52.6 Å². The number of likely N-dealkylation sites (N-methyl/N-ethyl adjacent to an activating group) is 1. The molecular weight excluding hydrogens is 194 g/mol. The van der Waals surface area contributed by atoms with Crippen LogP contribution in [0.3, 0.4) is 0 Å². The summed E-state index contributed by atoms with van der Waals surface area (Å²) in [6.45, 7) is 8.89. The standard InChI is InChI=1S/C11H21NO3/c1-8(2)9(13)7-12(6)10(14)15-11(3,4)5/h13H,7H2,1-6H3/p-1. The van der Waals surface area contributed by atoms with Gasteiger partial charge in [0.15, 0.2) is 0 Å². The quantitative estimate of drug-likeness (QED) is 0.655. The lowest BCUT2D eigenvalue weighted by Crippen LogP contribution is -2.37. The lowest BCUT2D eigenvalue weighted by molar-refractivity contribution is -0.308. The van der Waals surface area contributed by atoms with Crippen LogP contribution in [0.25, 0.3) is 0 Å². The van der Waals surface area contributed by atoms with Crippen LogP contribution in [0, 0.1) is 0 Å². The third-order valence-corrected chi connectivity index (χ3v) is 1.64. The van der Waals surface area contributed by atoms with E-state index in [9.17, 15) is 9.90 Å². The largest absolute Gasteiger partial charge is 0.874 e. The predicted molar refractivity (Wildman–Crippen MR) is 57.2 cm³/mol. The van der Waals surface area contributed by atoms with Crippen LogP contribution in [0.15, 0.2) is 11.3 Å². The molecule has 0 radical (unpaired) electrons. The smallest absolute Gasteiger partial charge is 0.410 e. The van der Waals surface area contributed by atoms with Crippen molar-refractivity contribution in [3.63, 3.8) is 0 Å². The molecular formula is C11H20NO3-. The maximum Gasteiger partial charge on any atom is 0.410 e. The zero-order valence-corrected chi connectivity index (χ0v) is 10.4. The minimum Gasteiger partial charge on any atom is -0.874 e. The van der Waals surface area contributed by atoms with E-state index in [0.717, 1.165) is 0 Å². The van der Waals surface area contributed by atoms with Gasteiger partial charge in [0, 0.05) is 13.6 Å². The first-order chi connectivity index (χ1) is 6.63. The van der Waals surface area contributed by atoms with Crippen molar-refractivity contribution in [3.8, 4) is 0 Å². The molecule has 15 heavy (non-hydrogen) atoms. The maximum atomic E-state index is 11.5. The summed E-state index contributed by atoms with van der Waals surface area (Å²) in [6, 6.07) is 0. The van der Waals surface area contributed by atoms with Crippen LogP contribution in [0.2, 0.25) is 0 Å². The van der Waals surface area contributed by atoms with Crippen molar-refractivity contribution >= 4 is 6.09 Å². The Morgan fingerprint density at radius 1 is 1.33 bits per heavy atom. The lowest BCUT2D eigenvalue weighted by Gasteiger charge is -2.27. The minimum absolute atomic E-state index is 0.0524. The summed E-state index contributed by atoms with van der Waals surface area (Å²) < 4.78 is 5.11. The molecule has 1 amide bonds. The van der Waals surface area contributed by atoms with E-state index >= 15 is 0 Å². The molecule has 0 aliphatic heterocycles. The molecule has 4 nitrogen and oxygen atoms in total. The summed E-state index contributed by atoms with van der Waals surface area (Å²) in [4.78, 5) is 12.7. The third-order valence-electron chi connectivity index (χ3n) is 1.64. The highest BCUT2D eigenvalue weighted by Gasteiger charge is 2.18. The number of carbonyl (C=O) groups excluding carboxylic acids is 1. The summed E-state index contributed by atoms with van der Waals surface area (Å²) in [7, 11) is 1.55. The highest BCUT2D eigenvalue weighted by Crippen LogP contribution is 2.09. The van der Waals surface area contributed by atoms with Crippen LogP contribution in [-0.4, -0.2) is 30.2 Å². The van der Waals surface area contributed by atoms with Gasteiger partial charge in [-0.3, -0.25) is 0 Å². The molecule has 0 saturated heterocycles. The van der Waals surface area contributed by atoms with Crippen LogP contribution >= 0.6 is 0 Å². The molecule has 0 aromatic heterocycles. The number of carbonyl (C=O) groups is 1. The van der Waals surface area contributed by atoms with Gasteiger partial charge in [-0.25, -0.2) is 4.79 Å². The third kappa shape index (κ3) is 5.99. The summed E-state index contributed by atoms with van der Waals surface area (Å²) >= 11 is 0. The molecule has 0 aromatic rings. The zero-order chi connectivity index (χ0) is 12.2. The fraction of sp³-hybridized carbons (Fsp3) is 0.727. The number of hydrogen-bond acceptors (Lipinski definition) is 3. The molecule has 0 rings (SSSR count). The Morgan fingerprint density at radius 3 is 2.13 bits per heavy atom. The summed E-state index contributed by atoms with van der Waals surface area (Å²) in [5.41, 5.74) is 0.157. The fourth-order valence-corrected chi connectivity index (χ4v) is 0.778. The van der Waals surface area contributed by atoms with E-state index in [0.29, 0.717) is 5.57 Å². The molecule has 0 saturated carbocycles. The average Bonchev–Trinajstić information content (AvgIpc) is 2.00. The number of amides is 1. The molecule has 0 bridgehead atoms. The molecule has 88 valence electrons. The van der Waals surface area contributed by atoms with Gasteiger partial charge in [-0.2, -0.15) is 0 Å². The van der Waals surface area contributed by atoms with Crippen molar-refractivity contribution in [1.29, 1.82) is 0 Å². The van der Waals surface area contributed by atoms with E-state index in [1.54, 1.807) is 41.7 Å². The summed E-state index contributed by atoms with van der Waals surface area (Å²) in [5.74, 6) is -0.0524. The molecule has 4 heteroatoms. The van der Waals surface area contributed by atoms with Gasteiger partial charge in [-0.1, -0.05) is 5.57 Å². The molecule has 0 N–H and O–H groups in total. The normalized spacial score (nSPS) is 10.8. The van der Waals surface area contributed by atoms with Gasteiger partial charge in [0.2, 0.25) is 0 Å². The van der Waals surface area contributed by atoms with Gasteiger partial charge in [0.05, 0.1) is 0 Å². The first-order valence-electron chi connectivity index (χ1n) is 4.91. The van der Waals surface area contributed by atoms with E-state index in [-0.39, 0.29) is 12.3 Å². The van der Waals surface area contributed by atoms with Crippen molar-refractivity contribution in [3.05, 3.63) is 11.3 Å². The van der Waals surface area contributed by atoms with Gasteiger partial charge >= 0.3 is 6.09 Å². The fourth-order valence-electron chi connectivity index (χ4n) is 0.778. The van der Waals surface area contributed by atoms with Crippen molar-refractivity contribution in [1.82, 2.24) is 4.90 Å². The van der Waals surface area contributed by atoms with Crippen LogP contribution < -0.4 is 5.11 Å². The Kier molecular flexibility index (Phi) is 4.65. The second-order valence-corrected chi connectivity index (χ2v) is 4.76. The second-order valence-electron chi connectivity index (χ2n) is 4.76. The number of hydrogen-bond donors (Lipinski definition) is 0. The van der Waals surface area contributed by atoms with Gasteiger partial charge in [0.1, 0.15) is 5.60 Å². The van der Waals surface area contributed by atoms with E-state index in [4.69, 9.17) is 4.74 Å². The summed E-state index contributed by atoms with van der Waals surface area (Å²) in [6.07, 6.45) is -0.475. The number of allylic oxidation sites excluding steroid dienone is 1. The van der Waals surface area contributed by atoms with Gasteiger partial charge in [0.25, 0.3) is 0 Å². The van der Waals surface area contributed by atoms with E-state index < -0.39 is 11.7 Å². The molecule has 0 fully saturated rings. The molecule has 0 atom stereocenters. The molecule has 0 aliphatic rings. The minimum atomic E-state index is -0.528. The maximum absolute atomic E-state index is 11.5. The highest BCUT2D eigenvalue weighted by molar-refractivity contribution is 5.68. The Labute approximate surface area is 91.5 Å². The predicted octanol–water partition coefficient (Wildman–Crippen LogP) is 1.51. The van der Waals surface area contributed by atoms with E-state index in [2.05, 4.69) is 0 Å². The van der Waals surface area contributed by atoms with Crippen molar-refractivity contribution in [2.45, 2.75) is 40.2 Å². The Hall–Kier alpha value is -1.19. The SMILES string of the molecule is CC(C)=C([O-])CN(C)C(=O)OC(C)(C)C. The van der Waals surface area contributed by atoms with Crippen molar-refractivity contribution in [2.75, 3.05) is 13.6 Å². The first-order valence-corrected chi connectivity index (χ1v) is 4.91. The lowest BCUT2D eigenvalue weighted by atomic mass is 10.2. The molecule has 0 aliphatic carbocycles. The monoisotopic (exact) mass is 214 g/mol. The number of ether oxygens (including phenoxy) is 1. The van der Waals surface area contributed by atoms with Gasteiger partial charge in [-0.05, 0) is 34.6 Å². The van der Waals surface area contributed by atoms with Gasteiger partial charge < -0.3 is 14.7 Å². The number of rotatable bonds is 2. The zero-order valence-electron chi connectivity index (χ0n) is 10.4. The number of nitrogens with zero attached hydrogens (tertiary/aromatic N) is 1. The van der Waals surface area contributed by atoms with Crippen molar-refractivity contribution in [2.24, 2.45) is 0 Å². The Bertz CT molecular complexity index is 259. The molecule has 0 unspecified atom stereocenters. The Morgan fingerprint density at radius 2 is 1.80 bits per heavy atom. The highest BCUT2D eigenvalue weighted by atomic mass is 16.6. The van der Waals surface area contributed by atoms with Crippen LogP contribution in [0.1, 0.15) is 34.6 Å². The average molecular weight is 214 g/mol. The van der Waals surface area contributed by atoms with Crippen molar-refractivity contribution < 1.29 is 14.6 Å². The molecule has 0 aromatic carbocycles. The van der Waals surface area contributed by atoms with Crippen LogP contribution in [0.5, 0.6) is 0 Å². The van der Waals surface area contributed by atoms with Crippen LogP contribution in [0.4, 0.5) is 4.79 Å².